The molecule has 122 valence electrons. The number of ether oxygens (including phenoxy) is 1. The van der Waals surface area contributed by atoms with Crippen LogP contribution in [0.3, 0.4) is 0 Å². The molecule has 2 rings (SSSR count). The summed E-state index contributed by atoms with van der Waals surface area (Å²) in [6.45, 7) is 3.29. The Morgan fingerprint density at radius 1 is 1.19 bits per heavy atom. The van der Waals surface area contributed by atoms with Gasteiger partial charge in [-0.3, -0.25) is 4.79 Å². The van der Waals surface area contributed by atoms with Crippen LogP contribution in [0.2, 0.25) is 0 Å². The summed E-state index contributed by atoms with van der Waals surface area (Å²) in [7, 11) is 4.16. The molecule has 1 amide bonds. The summed E-state index contributed by atoms with van der Waals surface area (Å²) in [6.07, 6.45) is 9.86. The second-order valence-electron chi connectivity index (χ2n) is 6.97. The number of rotatable bonds is 6. The molecule has 2 aliphatic rings. The minimum absolute atomic E-state index is 0.222. The maximum atomic E-state index is 12.4. The SMILES string of the molecule is CN(C)CCC1CN(C(=O)CCC2CCCCC2)CCO1. The summed E-state index contributed by atoms with van der Waals surface area (Å²) in [5.41, 5.74) is 0. The van der Waals surface area contributed by atoms with Crippen LogP contribution in [0.25, 0.3) is 0 Å². The third-order valence-corrected chi connectivity index (χ3v) is 4.88. The molecule has 1 atom stereocenters. The number of nitrogens with zero attached hydrogens (tertiary/aromatic N) is 2. The molecule has 1 unspecified atom stereocenters. The van der Waals surface area contributed by atoms with Crippen LogP contribution in [0.1, 0.15) is 51.4 Å². The molecule has 0 radical (unpaired) electrons. The van der Waals surface area contributed by atoms with Crippen LogP contribution in [-0.4, -0.2) is 62.1 Å². The number of morpholine rings is 1. The van der Waals surface area contributed by atoms with Crippen LogP contribution in [-0.2, 0) is 9.53 Å². The van der Waals surface area contributed by atoms with E-state index in [0.29, 0.717) is 12.5 Å². The first-order chi connectivity index (χ1) is 10.1. The molecule has 21 heavy (non-hydrogen) atoms. The molecule has 0 bridgehead atoms. The van der Waals surface area contributed by atoms with Gasteiger partial charge in [0, 0.05) is 26.1 Å². The predicted molar refractivity (Wildman–Crippen MR) is 85.3 cm³/mol. The van der Waals surface area contributed by atoms with Crippen molar-refractivity contribution in [2.45, 2.75) is 57.5 Å². The van der Waals surface area contributed by atoms with E-state index in [9.17, 15) is 4.79 Å². The van der Waals surface area contributed by atoms with Crippen molar-refractivity contribution in [3.05, 3.63) is 0 Å². The first kappa shape index (κ1) is 16.8. The Morgan fingerprint density at radius 2 is 1.95 bits per heavy atom. The van der Waals surface area contributed by atoms with Crippen molar-refractivity contribution in [1.29, 1.82) is 0 Å². The molecule has 4 nitrogen and oxygen atoms in total. The van der Waals surface area contributed by atoms with E-state index in [0.717, 1.165) is 44.8 Å². The van der Waals surface area contributed by atoms with Gasteiger partial charge in [-0.15, -0.1) is 0 Å². The van der Waals surface area contributed by atoms with E-state index in [-0.39, 0.29) is 6.10 Å². The predicted octanol–water partition coefficient (Wildman–Crippen LogP) is 2.53. The first-order valence-electron chi connectivity index (χ1n) is 8.69. The molecule has 4 heteroatoms. The van der Waals surface area contributed by atoms with Crippen LogP contribution >= 0.6 is 0 Å². The average Bonchev–Trinajstić information content (AvgIpc) is 2.52. The zero-order valence-corrected chi connectivity index (χ0v) is 13.9. The van der Waals surface area contributed by atoms with E-state index in [1.54, 1.807) is 0 Å². The lowest BCUT2D eigenvalue weighted by Crippen LogP contribution is -2.46. The van der Waals surface area contributed by atoms with Gasteiger partial charge >= 0.3 is 0 Å². The van der Waals surface area contributed by atoms with Gasteiger partial charge in [0.25, 0.3) is 0 Å². The molecule has 1 heterocycles. The summed E-state index contributed by atoms with van der Waals surface area (Å²) in [6, 6.07) is 0. The maximum absolute atomic E-state index is 12.4. The standard InChI is InChI=1S/C17H32N2O2/c1-18(2)11-10-16-14-19(12-13-21-16)17(20)9-8-15-6-4-3-5-7-15/h15-16H,3-14H2,1-2H3. The highest BCUT2D eigenvalue weighted by Gasteiger charge is 2.24. The van der Waals surface area contributed by atoms with Crippen molar-refractivity contribution in [1.82, 2.24) is 9.80 Å². The second-order valence-corrected chi connectivity index (χ2v) is 6.97. The highest BCUT2D eigenvalue weighted by molar-refractivity contribution is 5.76. The van der Waals surface area contributed by atoms with Gasteiger partial charge in [0.15, 0.2) is 0 Å². The Balaban J connectivity index is 1.68. The van der Waals surface area contributed by atoms with E-state index in [4.69, 9.17) is 4.74 Å². The van der Waals surface area contributed by atoms with Crippen molar-refractivity contribution < 1.29 is 9.53 Å². The lowest BCUT2D eigenvalue weighted by Gasteiger charge is -2.34. The van der Waals surface area contributed by atoms with Crippen LogP contribution < -0.4 is 0 Å². The average molecular weight is 296 g/mol. The van der Waals surface area contributed by atoms with Gasteiger partial charge < -0.3 is 14.5 Å². The molecule has 1 aliphatic carbocycles. The van der Waals surface area contributed by atoms with Gasteiger partial charge in [0.1, 0.15) is 0 Å². The number of hydrogen-bond acceptors (Lipinski definition) is 3. The van der Waals surface area contributed by atoms with E-state index < -0.39 is 0 Å². The summed E-state index contributed by atoms with van der Waals surface area (Å²) in [5, 5.41) is 0. The quantitative estimate of drug-likeness (QED) is 0.755. The monoisotopic (exact) mass is 296 g/mol. The van der Waals surface area contributed by atoms with Crippen LogP contribution in [0.5, 0.6) is 0 Å². The smallest absolute Gasteiger partial charge is 0.222 e. The Kier molecular flexibility index (Phi) is 6.97. The first-order valence-corrected chi connectivity index (χ1v) is 8.69. The largest absolute Gasteiger partial charge is 0.374 e. The molecule has 0 N–H and O–H groups in total. The van der Waals surface area contributed by atoms with Gasteiger partial charge in [-0.1, -0.05) is 32.1 Å². The normalized spacial score (nSPS) is 24.5. The zero-order valence-electron chi connectivity index (χ0n) is 13.9. The Bertz CT molecular complexity index is 314. The molecule has 0 spiro atoms. The maximum Gasteiger partial charge on any atom is 0.222 e. The highest BCUT2D eigenvalue weighted by Crippen LogP contribution is 2.27. The Hall–Kier alpha value is -0.610. The van der Waals surface area contributed by atoms with Crippen molar-refractivity contribution in [2.24, 2.45) is 5.92 Å². The van der Waals surface area contributed by atoms with E-state index in [1.165, 1.54) is 32.1 Å². The second kappa shape index (κ2) is 8.74. The lowest BCUT2D eigenvalue weighted by molar-refractivity contribution is -0.139. The van der Waals surface area contributed by atoms with Crippen LogP contribution in [0.4, 0.5) is 0 Å². The van der Waals surface area contributed by atoms with Crippen molar-refractivity contribution in [2.75, 3.05) is 40.3 Å². The fourth-order valence-electron chi connectivity index (χ4n) is 3.48. The van der Waals surface area contributed by atoms with E-state index in [2.05, 4.69) is 19.0 Å². The summed E-state index contributed by atoms with van der Waals surface area (Å²) < 4.78 is 5.78. The van der Waals surface area contributed by atoms with Gasteiger partial charge in [-0.2, -0.15) is 0 Å². The summed E-state index contributed by atoms with van der Waals surface area (Å²) in [5.74, 6) is 1.15. The molecular formula is C17H32N2O2. The van der Waals surface area contributed by atoms with Crippen molar-refractivity contribution in [3.8, 4) is 0 Å². The third-order valence-electron chi connectivity index (χ3n) is 4.88. The number of amides is 1. The minimum Gasteiger partial charge on any atom is -0.374 e. The van der Waals surface area contributed by atoms with E-state index >= 15 is 0 Å². The zero-order chi connectivity index (χ0) is 15.1. The molecule has 1 aliphatic heterocycles. The van der Waals surface area contributed by atoms with Crippen LogP contribution in [0, 0.1) is 5.92 Å². The number of carbonyl (C=O) groups excluding carboxylic acids is 1. The number of hydrogen-bond donors (Lipinski definition) is 0. The Morgan fingerprint density at radius 3 is 2.67 bits per heavy atom. The van der Waals surface area contributed by atoms with Gasteiger partial charge in [-0.05, 0) is 32.9 Å². The highest BCUT2D eigenvalue weighted by atomic mass is 16.5. The molecule has 1 saturated heterocycles. The van der Waals surface area contributed by atoms with Gasteiger partial charge in [0.2, 0.25) is 5.91 Å². The third kappa shape index (κ3) is 5.95. The van der Waals surface area contributed by atoms with Crippen molar-refractivity contribution in [3.63, 3.8) is 0 Å². The minimum atomic E-state index is 0.222. The fraction of sp³-hybridized carbons (Fsp3) is 0.941. The molecule has 0 aromatic heterocycles. The van der Waals surface area contributed by atoms with E-state index in [1.807, 2.05) is 4.90 Å². The van der Waals surface area contributed by atoms with Gasteiger partial charge in [0.05, 0.1) is 12.7 Å². The molecular weight excluding hydrogens is 264 g/mol. The summed E-state index contributed by atoms with van der Waals surface area (Å²) in [4.78, 5) is 16.6. The summed E-state index contributed by atoms with van der Waals surface area (Å²) >= 11 is 0. The van der Waals surface area contributed by atoms with Crippen molar-refractivity contribution >= 4 is 5.91 Å². The molecule has 0 aromatic rings. The molecule has 2 fully saturated rings. The number of carbonyl (C=O) groups is 1. The lowest BCUT2D eigenvalue weighted by atomic mass is 9.86. The topological polar surface area (TPSA) is 32.8 Å². The van der Waals surface area contributed by atoms with Gasteiger partial charge in [-0.25, -0.2) is 0 Å². The fourth-order valence-corrected chi connectivity index (χ4v) is 3.48. The molecule has 0 aromatic carbocycles. The van der Waals surface area contributed by atoms with Crippen LogP contribution in [0.15, 0.2) is 0 Å². The Labute approximate surface area is 129 Å². The molecule has 1 saturated carbocycles.